The molecule has 0 saturated carbocycles. The van der Waals surface area contributed by atoms with Crippen LogP contribution >= 0.6 is 0 Å². The van der Waals surface area contributed by atoms with Crippen LogP contribution in [0.15, 0.2) is 226 Å². The van der Waals surface area contributed by atoms with E-state index in [4.69, 9.17) is 28.2 Å². The zero-order valence-electron chi connectivity index (χ0n) is 36.8. The molecule has 0 saturated heterocycles. The van der Waals surface area contributed by atoms with Gasteiger partial charge in [-0.3, -0.25) is 0 Å². The Balaban J connectivity index is 0.934. The van der Waals surface area contributed by atoms with Gasteiger partial charge in [0.25, 0.3) is 0 Å². The Morgan fingerprint density at radius 1 is 0.246 bits per heavy atom. The van der Waals surface area contributed by atoms with Crippen molar-refractivity contribution in [3.05, 3.63) is 212 Å². The third kappa shape index (κ3) is 5.69. The topological polar surface area (TPSA) is 78.1 Å². The summed E-state index contributed by atoms with van der Waals surface area (Å²) in [7, 11) is 0. The van der Waals surface area contributed by atoms with Crippen LogP contribution in [0.4, 0.5) is 0 Å². The van der Waals surface area contributed by atoms with Crippen molar-refractivity contribution in [3.8, 4) is 56.4 Å². The van der Waals surface area contributed by atoms with Gasteiger partial charge < -0.3 is 13.3 Å². The van der Waals surface area contributed by atoms with E-state index in [1.165, 1.54) is 16.2 Å². The monoisotopic (exact) mass is 881 g/mol. The Morgan fingerprint density at radius 3 is 1.45 bits per heavy atom. The predicted octanol–water partition coefficient (Wildman–Crippen LogP) is 17.4. The summed E-state index contributed by atoms with van der Waals surface area (Å²) in [4.78, 5) is 16.0. The second kappa shape index (κ2) is 14.6. The third-order valence-corrected chi connectivity index (χ3v) is 14.0. The number of hydrogen-bond donors (Lipinski definition) is 0. The van der Waals surface area contributed by atoms with Crippen LogP contribution in [0.1, 0.15) is 0 Å². The van der Waals surface area contributed by atoms with E-state index in [1.807, 2.05) is 48.5 Å². The van der Waals surface area contributed by atoms with E-state index in [9.17, 15) is 0 Å². The lowest BCUT2D eigenvalue weighted by Gasteiger charge is -2.14. The highest BCUT2D eigenvalue weighted by Gasteiger charge is 2.23. The fraction of sp³-hybridized carbons (Fsp3) is 0. The molecular formula is C63H35N3O3. The smallest absolute Gasteiger partial charge is 0.164 e. The zero-order valence-corrected chi connectivity index (χ0v) is 36.8. The summed E-state index contributed by atoms with van der Waals surface area (Å²) in [6, 6.07) is 73.9. The second-order valence-electron chi connectivity index (χ2n) is 17.8. The molecule has 0 aliphatic rings. The summed E-state index contributed by atoms with van der Waals surface area (Å²) in [6.45, 7) is 0. The highest BCUT2D eigenvalue weighted by Crippen LogP contribution is 2.46. The average molecular weight is 882 g/mol. The predicted molar refractivity (Wildman–Crippen MR) is 281 cm³/mol. The summed E-state index contributed by atoms with van der Waals surface area (Å²) in [5.74, 6) is 1.75. The summed E-state index contributed by atoms with van der Waals surface area (Å²) in [5.41, 5.74) is 11.9. The summed E-state index contributed by atoms with van der Waals surface area (Å²) < 4.78 is 19.6. The van der Waals surface area contributed by atoms with Crippen molar-refractivity contribution in [3.63, 3.8) is 0 Å². The number of hydrogen-bond acceptors (Lipinski definition) is 6. The Labute approximate surface area is 393 Å². The van der Waals surface area contributed by atoms with Gasteiger partial charge in [0.2, 0.25) is 0 Å². The van der Waals surface area contributed by atoms with Crippen LogP contribution in [0.5, 0.6) is 0 Å². The Bertz CT molecular complexity index is 4630. The molecule has 0 bridgehead atoms. The molecule has 0 aliphatic heterocycles. The standard InChI is InChI=1S/C63H35N3O3/c1-2-14-39-36(13-1)29-30-37-35-38(31-32-40(37)39)61-64-62(66-63(65-61)51-23-12-27-55-59(51)49-18-6-8-25-53(49)68-55)47-34-33-43(41-15-3-4-16-42(41)47)44-19-10-28-56-58(44)50-22-9-21-46(60(50)69-56)45-20-11-26-54-57(45)48-17-5-7-24-52(48)67-54/h1-35H. The molecule has 4 heterocycles. The Hall–Kier alpha value is -9.39. The van der Waals surface area contributed by atoms with Crippen molar-refractivity contribution < 1.29 is 13.3 Å². The van der Waals surface area contributed by atoms with Gasteiger partial charge in [0.15, 0.2) is 17.5 Å². The van der Waals surface area contributed by atoms with Crippen LogP contribution in [0.2, 0.25) is 0 Å². The molecular weight excluding hydrogens is 847 g/mol. The molecule has 15 rings (SSSR count). The third-order valence-electron chi connectivity index (χ3n) is 14.0. The summed E-state index contributed by atoms with van der Waals surface area (Å²) in [5, 5.41) is 13.1. The molecule has 0 unspecified atom stereocenters. The minimum Gasteiger partial charge on any atom is -0.456 e. The highest BCUT2D eigenvalue weighted by molar-refractivity contribution is 6.21. The van der Waals surface area contributed by atoms with Crippen LogP contribution in [0.3, 0.4) is 0 Å². The van der Waals surface area contributed by atoms with Crippen LogP contribution in [-0.4, -0.2) is 15.0 Å². The van der Waals surface area contributed by atoms with Crippen molar-refractivity contribution >= 4 is 98.1 Å². The molecule has 69 heavy (non-hydrogen) atoms. The van der Waals surface area contributed by atoms with E-state index in [0.29, 0.717) is 17.5 Å². The molecule has 0 amide bonds. The van der Waals surface area contributed by atoms with Crippen molar-refractivity contribution in [1.82, 2.24) is 15.0 Å². The highest BCUT2D eigenvalue weighted by atomic mass is 16.3. The van der Waals surface area contributed by atoms with Crippen molar-refractivity contribution in [2.24, 2.45) is 0 Å². The number of rotatable bonds is 5. The molecule has 6 nitrogen and oxygen atoms in total. The molecule has 0 radical (unpaired) electrons. The number of aromatic nitrogens is 3. The molecule has 0 aliphatic carbocycles. The lowest BCUT2D eigenvalue weighted by molar-refractivity contribution is 0.668. The number of benzene rings is 11. The van der Waals surface area contributed by atoms with Gasteiger partial charge in [-0.05, 0) is 91.5 Å². The van der Waals surface area contributed by atoms with Gasteiger partial charge in [0.05, 0.1) is 0 Å². The fourth-order valence-electron chi connectivity index (χ4n) is 10.9. The minimum atomic E-state index is 0.573. The van der Waals surface area contributed by atoms with Crippen molar-refractivity contribution in [2.45, 2.75) is 0 Å². The fourth-order valence-corrected chi connectivity index (χ4v) is 10.9. The number of nitrogens with zero attached hydrogens (tertiary/aromatic N) is 3. The van der Waals surface area contributed by atoms with Gasteiger partial charge in [-0.15, -0.1) is 0 Å². The van der Waals surface area contributed by atoms with E-state index in [-0.39, 0.29) is 0 Å². The normalized spacial score (nSPS) is 12.1. The van der Waals surface area contributed by atoms with Gasteiger partial charge in [-0.2, -0.15) is 0 Å². The van der Waals surface area contributed by atoms with E-state index in [2.05, 4.69) is 164 Å². The zero-order chi connectivity index (χ0) is 45.2. The molecule has 0 N–H and O–H groups in total. The molecule has 0 spiro atoms. The number of para-hydroxylation sites is 3. The maximum atomic E-state index is 6.89. The first-order chi connectivity index (χ1) is 34.2. The van der Waals surface area contributed by atoms with Crippen LogP contribution in [0, 0.1) is 0 Å². The first-order valence-electron chi connectivity index (χ1n) is 23.2. The lowest BCUT2D eigenvalue weighted by atomic mass is 9.91. The first-order valence-corrected chi connectivity index (χ1v) is 23.2. The largest absolute Gasteiger partial charge is 0.456 e. The molecule has 0 atom stereocenters. The molecule has 15 aromatic rings. The molecule has 320 valence electrons. The molecule has 4 aromatic heterocycles. The van der Waals surface area contributed by atoms with E-state index in [1.54, 1.807) is 0 Å². The van der Waals surface area contributed by atoms with Crippen LogP contribution in [-0.2, 0) is 0 Å². The molecule has 0 fully saturated rings. The van der Waals surface area contributed by atoms with Crippen LogP contribution in [0.25, 0.3) is 155 Å². The lowest BCUT2D eigenvalue weighted by Crippen LogP contribution is -2.01. The molecule has 11 aromatic carbocycles. The van der Waals surface area contributed by atoms with Gasteiger partial charge >= 0.3 is 0 Å². The number of fused-ring (bicyclic) bond motifs is 13. The number of furan rings is 3. The van der Waals surface area contributed by atoms with Gasteiger partial charge in [-0.25, -0.2) is 15.0 Å². The van der Waals surface area contributed by atoms with Crippen molar-refractivity contribution in [2.75, 3.05) is 0 Å². The summed E-state index contributed by atoms with van der Waals surface area (Å²) >= 11 is 0. The average Bonchev–Trinajstić information content (AvgIpc) is 4.12. The van der Waals surface area contributed by atoms with Crippen LogP contribution < -0.4 is 0 Å². The van der Waals surface area contributed by atoms with E-state index in [0.717, 1.165) is 121 Å². The summed E-state index contributed by atoms with van der Waals surface area (Å²) in [6.07, 6.45) is 0. The first kappa shape index (κ1) is 37.8. The van der Waals surface area contributed by atoms with Gasteiger partial charge in [0, 0.05) is 54.6 Å². The van der Waals surface area contributed by atoms with Crippen molar-refractivity contribution in [1.29, 1.82) is 0 Å². The van der Waals surface area contributed by atoms with E-state index < -0.39 is 0 Å². The van der Waals surface area contributed by atoms with E-state index >= 15 is 0 Å². The quantitative estimate of drug-likeness (QED) is 0.160. The minimum absolute atomic E-state index is 0.573. The Morgan fingerprint density at radius 2 is 0.710 bits per heavy atom. The maximum Gasteiger partial charge on any atom is 0.164 e. The Kier molecular flexibility index (Phi) is 7.97. The SMILES string of the molecule is c1ccc2c(c1)ccc1cc(-c3nc(-c4ccc(-c5cccc6oc7c(-c8cccc9oc%10ccccc%10c89)cccc7c56)c5ccccc45)nc(-c4cccc5oc6ccccc6c45)n3)ccc12. The van der Waals surface area contributed by atoms with Gasteiger partial charge in [-0.1, -0.05) is 170 Å². The molecule has 6 heteroatoms. The second-order valence-corrected chi connectivity index (χ2v) is 17.8. The van der Waals surface area contributed by atoms with Gasteiger partial charge in [0.1, 0.15) is 33.5 Å². The maximum absolute atomic E-state index is 6.89.